The normalized spacial score (nSPS) is 11.8. The predicted molar refractivity (Wildman–Crippen MR) is 91.4 cm³/mol. The Morgan fingerprint density at radius 3 is 2.48 bits per heavy atom. The Labute approximate surface area is 153 Å². The van der Waals surface area contributed by atoms with Crippen molar-refractivity contribution in [3.05, 3.63) is 54.1 Å². The number of methoxy groups -OCH3 is 1. The number of alkyl halides is 2. The van der Waals surface area contributed by atoms with Crippen LogP contribution in [0.3, 0.4) is 0 Å². The lowest BCUT2D eigenvalue weighted by molar-refractivity contribution is 0.145. The minimum atomic E-state index is -3.54. The molecule has 6 nitrogen and oxygen atoms in total. The Balaban J connectivity index is 2.21. The van der Waals surface area contributed by atoms with Gasteiger partial charge in [0.15, 0.2) is 27.2 Å². The summed E-state index contributed by atoms with van der Waals surface area (Å²) < 4.78 is 69.8. The first-order chi connectivity index (χ1) is 12.7. The third-order valence-electron chi connectivity index (χ3n) is 3.76. The second kappa shape index (κ2) is 7.03. The zero-order chi connectivity index (χ0) is 19.8. The summed E-state index contributed by atoms with van der Waals surface area (Å²) >= 11 is 0. The van der Waals surface area contributed by atoms with E-state index >= 15 is 0 Å². The summed E-state index contributed by atoms with van der Waals surface area (Å²) in [6, 6.07) is 7.53. The number of hydrogen-bond donors (Lipinski definition) is 0. The Morgan fingerprint density at radius 1 is 1.15 bits per heavy atom. The van der Waals surface area contributed by atoms with E-state index in [-0.39, 0.29) is 27.7 Å². The fourth-order valence-corrected chi connectivity index (χ4v) is 3.09. The Morgan fingerprint density at radius 2 is 1.89 bits per heavy atom. The summed E-state index contributed by atoms with van der Waals surface area (Å²) in [6.45, 7) is 0. The monoisotopic (exact) mass is 397 g/mol. The Bertz CT molecular complexity index is 1100. The van der Waals surface area contributed by atoms with Crippen molar-refractivity contribution in [1.29, 1.82) is 0 Å². The number of nitrogens with zero attached hydrogens (tertiary/aromatic N) is 3. The molecule has 0 bridgehead atoms. The molecule has 0 aliphatic carbocycles. The average Bonchev–Trinajstić information content (AvgIpc) is 3.07. The molecule has 0 spiro atoms. The average molecular weight is 397 g/mol. The lowest BCUT2D eigenvalue weighted by Crippen LogP contribution is -2.05. The molecule has 0 saturated carbocycles. The standard InChI is InChI=1S/C17H14F3N3O3S/c1-26-15-4-3-10(7-12(15)18)14-9-13(17(19)20)22-23(14)16-8-11(5-6-21-16)27(2,24)25/h3-9,17H,1-2H3. The number of benzene rings is 1. The van der Waals surface area contributed by atoms with Crippen molar-refractivity contribution in [3.63, 3.8) is 0 Å². The number of hydrogen-bond acceptors (Lipinski definition) is 5. The van der Waals surface area contributed by atoms with E-state index in [4.69, 9.17) is 4.74 Å². The lowest BCUT2D eigenvalue weighted by atomic mass is 10.1. The van der Waals surface area contributed by atoms with Gasteiger partial charge >= 0.3 is 0 Å². The third-order valence-corrected chi connectivity index (χ3v) is 4.87. The number of pyridine rings is 1. The van der Waals surface area contributed by atoms with Gasteiger partial charge in [-0.1, -0.05) is 0 Å². The van der Waals surface area contributed by atoms with Crippen LogP contribution in [0.25, 0.3) is 17.1 Å². The van der Waals surface area contributed by atoms with E-state index < -0.39 is 27.8 Å². The minimum Gasteiger partial charge on any atom is -0.494 e. The number of sulfone groups is 1. The van der Waals surface area contributed by atoms with Crippen molar-refractivity contribution >= 4 is 9.84 Å². The van der Waals surface area contributed by atoms with Crippen LogP contribution in [0, 0.1) is 5.82 Å². The number of halogens is 3. The molecule has 1 aromatic carbocycles. The van der Waals surface area contributed by atoms with Crippen LogP contribution < -0.4 is 4.74 Å². The molecule has 0 fully saturated rings. The second-order valence-corrected chi connectivity index (χ2v) is 7.65. The van der Waals surface area contributed by atoms with Gasteiger partial charge in [-0.15, -0.1) is 0 Å². The van der Waals surface area contributed by atoms with Crippen LogP contribution in [-0.2, 0) is 9.84 Å². The smallest absolute Gasteiger partial charge is 0.282 e. The number of rotatable bonds is 5. The molecule has 10 heteroatoms. The summed E-state index contributed by atoms with van der Waals surface area (Å²) in [6.07, 6.45) is -0.626. The molecular formula is C17H14F3N3O3S. The Kier molecular flexibility index (Phi) is 4.92. The van der Waals surface area contributed by atoms with Crippen LogP contribution in [0.5, 0.6) is 5.75 Å². The summed E-state index contributed by atoms with van der Waals surface area (Å²) in [5.41, 5.74) is -0.169. The highest BCUT2D eigenvalue weighted by atomic mass is 32.2. The number of ether oxygens (including phenoxy) is 1. The maximum atomic E-state index is 14.1. The van der Waals surface area contributed by atoms with Gasteiger partial charge in [-0.2, -0.15) is 5.10 Å². The molecule has 142 valence electrons. The SMILES string of the molecule is COc1ccc(-c2cc(C(F)F)nn2-c2cc(S(C)(=O)=O)ccn2)cc1F. The van der Waals surface area contributed by atoms with E-state index in [0.717, 1.165) is 23.1 Å². The molecule has 0 amide bonds. The van der Waals surface area contributed by atoms with Crippen molar-refractivity contribution in [2.24, 2.45) is 0 Å². The van der Waals surface area contributed by atoms with E-state index in [1.165, 1.54) is 37.6 Å². The summed E-state index contributed by atoms with van der Waals surface area (Å²) in [4.78, 5) is 3.96. The van der Waals surface area contributed by atoms with Crippen molar-refractivity contribution in [2.75, 3.05) is 13.4 Å². The predicted octanol–water partition coefficient (Wildman–Crippen LogP) is 3.42. The Hall–Kier alpha value is -2.88. The van der Waals surface area contributed by atoms with Crippen molar-refractivity contribution in [2.45, 2.75) is 11.3 Å². The summed E-state index contributed by atoms with van der Waals surface area (Å²) in [5, 5.41) is 3.81. The van der Waals surface area contributed by atoms with Gasteiger partial charge in [0.05, 0.1) is 17.7 Å². The first kappa shape index (κ1) is 18.9. The molecule has 0 saturated heterocycles. The maximum absolute atomic E-state index is 14.1. The van der Waals surface area contributed by atoms with E-state index in [9.17, 15) is 21.6 Å². The molecule has 0 N–H and O–H groups in total. The molecule has 0 unspecified atom stereocenters. The first-order valence-electron chi connectivity index (χ1n) is 7.59. The van der Waals surface area contributed by atoms with Crippen LogP contribution in [0.1, 0.15) is 12.1 Å². The van der Waals surface area contributed by atoms with Crippen molar-refractivity contribution in [1.82, 2.24) is 14.8 Å². The molecule has 2 aromatic heterocycles. The molecule has 3 aromatic rings. The topological polar surface area (TPSA) is 74.1 Å². The second-order valence-electron chi connectivity index (χ2n) is 5.64. The van der Waals surface area contributed by atoms with Crippen molar-refractivity contribution in [3.8, 4) is 22.8 Å². The van der Waals surface area contributed by atoms with Crippen LogP contribution in [0.4, 0.5) is 13.2 Å². The van der Waals surface area contributed by atoms with Gasteiger partial charge in [0, 0.05) is 24.1 Å². The third kappa shape index (κ3) is 3.80. The highest BCUT2D eigenvalue weighted by molar-refractivity contribution is 7.90. The maximum Gasteiger partial charge on any atom is 0.282 e. The van der Waals surface area contributed by atoms with E-state index in [1.807, 2.05) is 0 Å². The van der Waals surface area contributed by atoms with E-state index in [1.54, 1.807) is 0 Å². The van der Waals surface area contributed by atoms with E-state index in [0.29, 0.717) is 0 Å². The lowest BCUT2D eigenvalue weighted by Gasteiger charge is -2.09. The molecule has 0 atom stereocenters. The molecular weight excluding hydrogens is 383 g/mol. The van der Waals surface area contributed by atoms with Crippen LogP contribution in [0.2, 0.25) is 0 Å². The number of aromatic nitrogens is 3. The molecule has 0 radical (unpaired) electrons. The van der Waals surface area contributed by atoms with Gasteiger partial charge in [-0.05, 0) is 30.3 Å². The molecule has 27 heavy (non-hydrogen) atoms. The van der Waals surface area contributed by atoms with Crippen LogP contribution >= 0.6 is 0 Å². The zero-order valence-corrected chi connectivity index (χ0v) is 15.0. The molecule has 3 rings (SSSR count). The van der Waals surface area contributed by atoms with Gasteiger partial charge in [-0.3, -0.25) is 0 Å². The summed E-state index contributed by atoms with van der Waals surface area (Å²) in [5.74, 6) is -0.675. The van der Waals surface area contributed by atoms with Gasteiger partial charge in [-0.25, -0.2) is 31.3 Å². The first-order valence-corrected chi connectivity index (χ1v) is 9.48. The van der Waals surface area contributed by atoms with Crippen LogP contribution in [-0.4, -0.2) is 36.5 Å². The van der Waals surface area contributed by atoms with Gasteiger partial charge in [0.2, 0.25) is 0 Å². The molecule has 0 aliphatic rings. The highest BCUT2D eigenvalue weighted by Crippen LogP contribution is 2.30. The quantitative estimate of drug-likeness (QED) is 0.660. The largest absolute Gasteiger partial charge is 0.494 e. The molecule has 0 aliphatic heterocycles. The zero-order valence-electron chi connectivity index (χ0n) is 14.2. The fraction of sp³-hybridized carbons (Fsp3) is 0.176. The fourth-order valence-electron chi connectivity index (χ4n) is 2.46. The van der Waals surface area contributed by atoms with Gasteiger partial charge < -0.3 is 4.74 Å². The van der Waals surface area contributed by atoms with Gasteiger partial charge in [0.25, 0.3) is 6.43 Å². The molecule has 2 heterocycles. The minimum absolute atomic E-state index is 0.00361. The van der Waals surface area contributed by atoms with Gasteiger partial charge in [0.1, 0.15) is 5.69 Å². The van der Waals surface area contributed by atoms with Crippen LogP contribution in [0.15, 0.2) is 47.5 Å². The van der Waals surface area contributed by atoms with E-state index in [2.05, 4.69) is 10.1 Å². The summed E-state index contributed by atoms with van der Waals surface area (Å²) in [7, 11) is -2.24. The highest BCUT2D eigenvalue weighted by Gasteiger charge is 2.20. The van der Waals surface area contributed by atoms with Crippen molar-refractivity contribution < 1.29 is 26.3 Å².